The van der Waals surface area contributed by atoms with Crippen LogP contribution in [0.2, 0.25) is 5.02 Å². The van der Waals surface area contributed by atoms with E-state index in [4.69, 9.17) is 16.9 Å². The molecule has 0 amide bonds. The predicted octanol–water partition coefficient (Wildman–Crippen LogP) is 2.98. The van der Waals surface area contributed by atoms with Gasteiger partial charge in [-0.15, -0.1) is 0 Å². The summed E-state index contributed by atoms with van der Waals surface area (Å²) in [5, 5.41) is 8.51. The Bertz CT molecular complexity index is 762. The largest absolute Gasteiger partial charge is 0.417 e. The quantitative estimate of drug-likeness (QED) is 0.880. The van der Waals surface area contributed by atoms with Crippen LogP contribution >= 0.6 is 11.6 Å². The zero-order chi connectivity index (χ0) is 14.9. The molecule has 0 aliphatic carbocycles. The van der Waals surface area contributed by atoms with Crippen molar-refractivity contribution >= 4 is 11.6 Å². The summed E-state index contributed by atoms with van der Waals surface area (Å²) in [5.41, 5.74) is -1.46. The van der Waals surface area contributed by atoms with Crippen molar-refractivity contribution in [3.05, 3.63) is 51.0 Å². The van der Waals surface area contributed by atoms with Crippen LogP contribution in [0.5, 0.6) is 0 Å². The molecule has 8 heteroatoms. The number of nitrogens with zero attached hydrogens (tertiary/aromatic N) is 2. The topological polar surface area (TPSA) is 69.5 Å². The lowest BCUT2D eigenvalue weighted by Gasteiger charge is -2.09. The molecule has 0 unspecified atom stereocenters. The van der Waals surface area contributed by atoms with Gasteiger partial charge in [-0.3, -0.25) is 9.78 Å². The van der Waals surface area contributed by atoms with Crippen LogP contribution in [0.3, 0.4) is 0 Å². The molecule has 0 saturated heterocycles. The van der Waals surface area contributed by atoms with E-state index in [2.05, 4.69) is 9.97 Å². The Morgan fingerprint density at radius 3 is 2.60 bits per heavy atom. The molecule has 102 valence electrons. The molecule has 20 heavy (non-hydrogen) atoms. The molecule has 0 saturated carbocycles. The van der Waals surface area contributed by atoms with Gasteiger partial charge >= 0.3 is 6.18 Å². The smallest absolute Gasteiger partial charge is 0.327 e. The molecule has 2 heterocycles. The van der Waals surface area contributed by atoms with Gasteiger partial charge in [0.2, 0.25) is 0 Å². The van der Waals surface area contributed by atoms with Gasteiger partial charge in [-0.2, -0.15) is 18.4 Å². The highest BCUT2D eigenvalue weighted by Crippen LogP contribution is 2.33. The lowest BCUT2D eigenvalue weighted by Crippen LogP contribution is -2.09. The highest BCUT2D eigenvalue weighted by molar-refractivity contribution is 6.33. The summed E-state index contributed by atoms with van der Waals surface area (Å²) in [6.07, 6.45) is -2.68. The first-order valence-electron chi connectivity index (χ1n) is 5.19. The van der Waals surface area contributed by atoms with Gasteiger partial charge in [0.1, 0.15) is 11.6 Å². The predicted molar refractivity (Wildman–Crippen MR) is 65.0 cm³/mol. The summed E-state index contributed by atoms with van der Waals surface area (Å²) in [4.78, 5) is 17.2. The van der Waals surface area contributed by atoms with Gasteiger partial charge in [-0.25, -0.2) is 0 Å². The maximum Gasteiger partial charge on any atom is 0.417 e. The molecule has 4 nitrogen and oxygen atoms in total. The van der Waals surface area contributed by atoms with Crippen LogP contribution < -0.4 is 5.56 Å². The normalized spacial score (nSPS) is 11.2. The van der Waals surface area contributed by atoms with Gasteiger partial charge in [0.15, 0.2) is 0 Å². The van der Waals surface area contributed by atoms with Crippen molar-refractivity contribution in [2.24, 2.45) is 0 Å². The number of hydrogen-bond donors (Lipinski definition) is 1. The average molecular weight is 300 g/mol. The summed E-state index contributed by atoms with van der Waals surface area (Å²) in [6.45, 7) is 0. The maximum atomic E-state index is 12.5. The number of alkyl halides is 3. The van der Waals surface area contributed by atoms with Crippen LogP contribution in [0.15, 0.2) is 29.3 Å². The molecule has 0 atom stereocenters. The fourth-order valence-electron chi connectivity index (χ4n) is 1.51. The number of H-pyrrole nitrogens is 1. The molecular weight excluding hydrogens is 295 g/mol. The molecule has 0 aliphatic heterocycles. The number of nitrogens with one attached hydrogen (secondary N) is 1. The first kappa shape index (κ1) is 14.1. The first-order chi connectivity index (χ1) is 9.32. The summed E-state index contributed by atoms with van der Waals surface area (Å²) in [5.74, 6) is 0. The van der Waals surface area contributed by atoms with E-state index in [1.807, 2.05) is 0 Å². The van der Waals surface area contributed by atoms with Gasteiger partial charge < -0.3 is 4.98 Å². The zero-order valence-corrected chi connectivity index (χ0v) is 10.4. The fourth-order valence-corrected chi connectivity index (χ4v) is 1.78. The van der Waals surface area contributed by atoms with Crippen LogP contribution in [0.25, 0.3) is 11.3 Å². The molecular formula is C12H5ClF3N3O. The van der Waals surface area contributed by atoms with Gasteiger partial charge in [0.25, 0.3) is 5.56 Å². The summed E-state index contributed by atoms with van der Waals surface area (Å²) in [7, 11) is 0. The molecule has 2 aromatic rings. The van der Waals surface area contributed by atoms with Crippen LogP contribution in [0, 0.1) is 11.3 Å². The van der Waals surface area contributed by atoms with Gasteiger partial charge in [-0.1, -0.05) is 11.6 Å². The highest BCUT2D eigenvalue weighted by atomic mass is 35.5. The lowest BCUT2D eigenvalue weighted by molar-refractivity contribution is -0.137. The van der Waals surface area contributed by atoms with Gasteiger partial charge in [-0.05, 0) is 12.1 Å². The van der Waals surface area contributed by atoms with Crippen LogP contribution in [-0.2, 0) is 6.18 Å². The summed E-state index contributed by atoms with van der Waals surface area (Å²) >= 11 is 5.77. The molecule has 0 spiro atoms. The maximum absolute atomic E-state index is 12.5. The fraction of sp³-hybridized carbons (Fsp3) is 0.0833. The summed E-state index contributed by atoms with van der Waals surface area (Å²) in [6, 6.07) is 3.61. The van der Waals surface area contributed by atoms with Crippen molar-refractivity contribution in [2.45, 2.75) is 6.18 Å². The Morgan fingerprint density at radius 1 is 1.35 bits per heavy atom. The molecule has 0 aromatic carbocycles. The first-order valence-corrected chi connectivity index (χ1v) is 5.56. The standard InChI is InChI=1S/C12H5ClF3N3O/c13-9-2-8(12(14,15)16)5-18-10(9)7-1-6(3-17)11(20)19-4-7/h1-2,4-5H,(H,19,20). The van der Waals surface area contributed by atoms with E-state index in [1.165, 1.54) is 12.3 Å². The van der Waals surface area contributed by atoms with Crippen molar-refractivity contribution in [1.29, 1.82) is 5.26 Å². The summed E-state index contributed by atoms with van der Waals surface area (Å²) < 4.78 is 37.5. The number of halogens is 4. The van der Waals surface area contributed by atoms with E-state index in [1.54, 1.807) is 6.07 Å². The third-order valence-electron chi connectivity index (χ3n) is 2.47. The SMILES string of the molecule is N#Cc1cc(-c2ncc(C(F)(F)F)cc2Cl)c[nH]c1=O. The minimum absolute atomic E-state index is 0.0485. The third-order valence-corrected chi connectivity index (χ3v) is 2.75. The van der Waals surface area contributed by atoms with Gasteiger partial charge in [0.05, 0.1) is 16.3 Å². The zero-order valence-electron chi connectivity index (χ0n) is 9.62. The number of aromatic amines is 1. The minimum atomic E-state index is -4.54. The van der Waals surface area contributed by atoms with Crippen molar-refractivity contribution < 1.29 is 13.2 Å². The monoisotopic (exact) mass is 299 g/mol. The number of pyridine rings is 2. The van der Waals surface area contributed by atoms with Crippen LogP contribution in [0.4, 0.5) is 13.2 Å². The Morgan fingerprint density at radius 2 is 2.05 bits per heavy atom. The van der Waals surface area contributed by atoms with E-state index >= 15 is 0 Å². The van der Waals surface area contributed by atoms with E-state index in [9.17, 15) is 18.0 Å². The number of aromatic nitrogens is 2. The van der Waals surface area contributed by atoms with E-state index in [-0.39, 0.29) is 21.8 Å². The average Bonchev–Trinajstić information content (AvgIpc) is 2.38. The second-order valence-corrected chi connectivity index (χ2v) is 4.20. The second kappa shape index (κ2) is 4.98. The molecule has 0 bridgehead atoms. The third kappa shape index (κ3) is 2.65. The Kier molecular flexibility index (Phi) is 3.51. The number of rotatable bonds is 1. The number of hydrogen-bond acceptors (Lipinski definition) is 3. The molecule has 0 aliphatic rings. The molecule has 2 rings (SSSR count). The van der Waals surface area contributed by atoms with E-state index in [0.29, 0.717) is 6.20 Å². The molecule has 0 radical (unpaired) electrons. The van der Waals surface area contributed by atoms with Crippen molar-refractivity contribution in [1.82, 2.24) is 9.97 Å². The van der Waals surface area contributed by atoms with E-state index < -0.39 is 17.3 Å². The Balaban J connectivity index is 2.55. The van der Waals surface area contributed by atoms with Crippen LogP contribution in [0.1, 0.15) is 11.1 Å². The molecule has 1 N–H and O–H groups in total. The van der Waals surface area contributed by atoms with Crippen molar-refractivity contribution in [2.75, 3.05) is 0 Å². The highest BCUT2D eigenvalue weighted by Gasteiger charge is 2.31. The lowest BCUT2D eigenvalue weighted by atomic mass is 10.1. The van der Waals surface area contributed by atoms with E-state index in [0.717, 1.165) is 6.07 Å². The molecule has 0 fully saturated rings. The molecule has 2 aromatic heterocycles. The minimum Gasteiger partial charge on any atom is -0.327 e. The van der Waals surface area contributed by atoms with Crippen molar-refractivity contribution in [3.8, 4) is 17.3 Å². The second-order valence-electron chi connectivity index (χ2n) is 3.80. The Hall–Kier alpha value is -2.33. The van der Waals surface area contributed by atoms with Crippen LogP contribution in [-0.4, -0.2) is 9.97 Å². The van der Waals surface area contributed by atoms with Crippen molar-refractivity contribution in [3.63, 3.8) is 0 Å². The van der Waals surface area contributed by atoms with Gasteiger partial charge in [0, 0.05) is 18.0 Å². The Labute approximate surface area is 115 Å². The number of nitriles is 1.